The predicted molar refractivity (Wildman–Crippen MR) is 49.6 cm³/mol. The van der Waals surface area contributed by atoms with Gasteiger partial charge in [-0.1, -0.05) is 6.07 Å². The maximum Gasteiger partial charge on any atom is 0.0312 e. The van der Waals surface area contributed by atoms with E-state index in [9.17, 15) is 0 Å². The second-order valence-electron chi connectivity index (χ2n) is 2.89. The van der Waals surface area contributed by atoms with Gasteiger partial charge in [0.1, 0.15) is 0 Å². The highest BCUT2D eigenvalue weighted by Crippen LogP contribution is 1.99. The normalized spacial score (nSPS) is 10.6. The van der Waals surface area contributed by atoms with E-state index in [2.05, 4.69) is 23.0 Å². The largest absolute Gasteiger partial charge is 0.329 e. The molecule has 0 atom stereocenters. The van der Waals surface area contributed by atoms with Crippen LogP contribution in [0.5, 0.6) is 0 Å². The zero-order chi connectivity index (χ0) is 8.81. The van der Waals surface area contributed by atoms with Crippen LogP contribution < -0.4 is 5.73 Å². The average Bonchev–Trinajstić information content (AvgIpc) is 2.06. The number of rotatable bonds is 4. The second kappa shape index (κ2) is 4.85. The first kappa shape index (κ1) is 9.16. The summed E-state index contributed by atoms with van der Waals surface area (Å²) in [7, 11) is 2.06. The number of nitrogens with two attached hydrogens (primary N) is 1. The zero-order valence-electron chi connectivity index (χ0n) is 7.40. The summed E-state index contributed by atoms with van der Waals surface area (Å²) in [6.07, 6.45) is 3.67. The van der Waals surface area contributed by atoms with Crippen molar-refractivity contribution < 1.29 is 0 Å². The lowest BCUT2D eigenvalue weighted by molar-refractivity contribution is 0.336. The minimum Gasteiger partial charge on any atom is -0.329 e. The van der Waals surface area contributed by atoms with E-state index in [1.54, 1.807) is 6.20 Å². The molecule has 1 rings (SSSR count). The maximum absolute atomic E-state index is 5.43. The standard InChI is InChI=1S/C9H15N3/c1-12(6-4-10)8-9-3-2-5-11-7-9/h2-3,5,7H,4,6,8,10H2,1H3. The minimum absolute atomic E-state index is 0.705. The molecule has 66 valence electrons. The van der Waals surface area contributed by atoms with Gasteiger partial charge in [0.25, 0.3) is 0 Å². The smallest absolute Gasteiger partial charge is 0.0312 e. The Balaban J connectivity index is 2.41. The van der Waals surface area contributed by atoms with E-state index in [-0.39, 0.29) is 0 Å². The first-order chi connectivity index (χ1) is 5.83. The summed E-state index contributed by atoms with van der Waals surface area (Å²) in [6.45, 7) is 2.55. The fourth-order valence-electron chi connectivity index (χ4n) is 1.10. The van der Waals surface area contributed by atoms with Crippen molar-refractivity contribution in [3.63, 3.8) is 0 Å². The summed E-state index contributed by atoms with van der Waals surface area (Å²) < 4.78 is 0. The highest BCUT2D eigenvalue weighted by atomic mass is 15.1. The molecule has 0 amide bonds. The lowest BCUT2D eigenvalue weighted by atomic mass is 10.3. The van der Waals surface area contributed by atoms with Crippen molar-refractivity contribution >= 4 is 0 Å². The SMILES string of the molecule is CN(CCN)Cc1cccnc1. The fraction of sp³-hybridized carbons (Fsp3) is 0.444. The molecule has 2 N–H and O–H groups in total. The number of likely N-dealkylation sites (N-methyl/N-ethyl adjacent to an activating group) is 1. The van der Waals surface area contributed by atoms with Crippen LogP contribution in [0.1, 0.15) is 5.56 Å². The van der Waals surface area contributed by atoms with Crippen LogP contribution in [0.2, 0.25) is 0 Å². The Labute approximate surface area is 73.2 Å². The highest BCUT2D eigenvalue weighted by Gasteiger charge is 1.97. The van der Waals surface area contributed by atoms with Gasteiger partial charge in [-0.05, 0) is 18.7 Å². The minimum atomic E-state index is 0.705. The predicted octanol–water partition coefficient (Wildman–Crippen LogP) is 0.472. The number of aromatic nitrogens is 1. The van der Waals surface area contributed by atoms with Crippen molar-refractivity contribution in [3.05, 3.63) is 30.1 Å². The van der Waals surface area contributed by atoms with E-state index in [0.29, 0.717) is 6.54 Å². The Morgan fingerprint density at radius 1 is 1.58 bits per heavy atom. The van der Waals surface area contributed by atoms with Crippen molar-refractivity contribution in [2.75, 3.05) is 20.1 Å². The number of pyridine rings is 1. The molecule has 0 unspecified atom stereocenters. The lowest BCUT2D eigenvalue weighted by Crippen LogP contribution is -2.24. The Hall–Kier alpha value is -0.930. The van der Waals surface area contributed by atoms with Gasteiger partial charge >= 0.3 is 0 Å². The van der Waals surface area contributed by atoms with Crippen LogP contribution in [0, 0.1) is 0 Å². The van der Waals surface area contributed by atoms with Crippen molar-refractivity contribution in [3.8, 4) is 0 Å². The summed E-state index contributed by atoms with van der Waals surface area (Å²) in [5, 5.41) is 0. The molecular weight excluding hydrogens is 150 g/mol. The Morgan fingerprint density at radius 2 is 2.42 bits per heavy atom. The van der Waals surface area contributed by atoms with Gasteiger partial charge in [0, 0.05) is 32.0 Å². The molecule has 1 aromatic heterocycles. The monoisotopic (exact) mass is 165 g/mol. The Morgan fingerprint density at radius 3 is 3.00 bits per heavy atom. The lowest BCUT2D eigenvalue weighted by Gasteiger charge is -2.14. The van der Waals surface area contributed by atoms with Gasteiger partial charge in [-0.3, -0.25) is 4.98 Å². The quantitative estimate of drug-likeness (QED) is 0.705. The van der Waals surface area contributed by atoms with Crippen LogP contribution in [0.15, 0.2) is 24.5 Å². The first-order valence-corrected chi connectivity index (χ1v) is 4.10. The molecule has 3 heteroatoms. The number of hydrogen-bond acceptors (Lipinski definition) is 3. The van der Waals surface area contributed by atoms with Crippen LogP contribution in [-0.4, -0.2) is 30.0 Å². The van der Waals surface area contributed by atoms with Gasteiger partial charge in [-0.2, -0.15) is 0 Å². The Kier molecular flexibility index (Phi) is 3.70. The van der Waals surface area contributed by atoms with Gasteiger partial charge in [0.2, 0.25) is 0 Å². The zero-order valence-corrected chi connectivity index (χ0v) is 7.40. The van der Waals surface area contributed by atoms with Gasteiger partial charge in [0.05, 0.1) is 0 Å². The van der Waals surface area contributed by atoms with Crippen molar-refractivity contribution in [1.29, 1.82) is 0 Å². The van der Waals surface area contributed by atoms with Crippen LogP contribution in [0.3, 0.4) is 0 Å². The molecule has 0 saturated heterocycles. The molecule has 0 saturated carbocycles. The average molecular weight is 165 g/mol. The molecule has 0 bridgehead atoms. The van der Waals surface area contributed by atoms with E-state index in [4.69, 9.17) is 5.73 Å². The molecule has 1 heterocycles. The topological polar surface area (TPSA) is 42.1 Å². The highest BCUT2D eigenvalue weighted by molar-refractivity contribution is 5.07. The fourth-order valence-corrected chi connectivity index (χ4v) is 1.10. The summed E-state index contributed by atoms with van der Waals surface area (Å²) in [6, 6.07) is 4.02. The van der Waals surface area contributed by atoms with E-state index in [1.165, 1.54) is 5.56 Å². The third-order valence-electron chi connectivity index (χ3n) is 1.69. The van der Waals surface area contributed by atoms with E-state index in [1.807, 2.05) is 12.3 Å². The Bertz CT molecular complexity index is 210. The molecule has 0 aliphatic carbocycles. The van der Waals surface area contributed by atoms with Crippen molar-refractivity contribution in [1.82, 2.24) is 9.88 Å². The van der Waals surface area contributed by atoms with Gasteiger partial charge in [-0.25, -0.2) is 0 Å². The summed E-state index contributed by atoms with van der Waals surface area (Å²) in [4.78, 5) is 6.22. The third kappa shape index (κ3) is 2.98. The molecule has 0 radical (unpaired) electrons. The second-order valence-corrected chi connectivity index (χ2v) is 2.89. The first-order valence-electron chi connectivity index (χ1n) is 4.10. The summed E-state index contributed by atoms with van der Waals surface area (Å²) >= 11 is 0. The third-order valence-corrected chi connectivity index (χ3v) is 1.69. The van der Waals surface area contributed by atoms with Crippen LogP contribution >= 0.6 is 0 Å². The van der Waals surface area contributed by atoms with Crippen LogP contribution in [-0.2, 0) is 6.54 Å². The van der Waals surface area contributed by atoms with Crippen LogP contribution in [0.25, 0.3) is 0 Å². The van der Waals surface area contributed by atoms with Crippen LogP contribution in [0.4, 0.5) is 0 Å². The van der Waals surface area contributed by atoms with Crippen molar-refractivity contribution in [2.45, 2.75) is 6.54 Å². The van der Waals surface area contributed by atoms with E-state index < -0.39 is 0 Å². The molecule has 1 aromatic rings. The molecular formula is C9H15N3. The van der Waals surface area contributed by atoms with Gasteiger partial charge in [0.15, 0.2) is 0 Å². The molecule has 0 aromatic carbocycles. The van der Waals surface area contributed by atoms with Crippen molar-refractivity contribution in [2.24, 2.45) is 5.73 Å². The molecule has 0 aliphatic rings. The molecule has 3 nitrogen and oxygen atoms in total. The van der Waals surface area contributed by atoms with Gasteiger partial charge in [-0.15, -0.1) is 0 Å². The number of hydrogen-bond donors (Lipinski definition) is 1. The molecule has 0 aliphatic heterocycles. The molecule has 0 fully saturated rings. The molecule has 0 spiro atoms. The summed E-state index contributed by atoms with van der Waals surface area (Å²) in [5.74, 6) is 0. The van der Waals surface area contributed by atoms with Gasteiger partial charge < -0.3 is 10.6 Å². The van der Waals surface area contributed by atoms with E-state index >= 15 is 0 Å². The van der Waals surface area contributed by atoms with E-state index in [0.717, 1.165) is 13.1 Å². The number of nitrogens with zero attached hydrogens (tertiary/aromatic N) is 2. The maximum atomic E-state index is 5.43. The summed E-state index contributed by atoms with van der Waals surface area (Å²) in [5.41, 5.74) is 6.66. The molecule has 12 heavy (non-hydrogen) atoms.